The minimum Gasteiger partial charge on any atom is -0.368 e. The Morgan fingerprint density at radius 3 is 2.00 bits per heavy atom. The topological polar surface area (TPSA) is 95.1 Å². The molecule has 0 amide bonds. The largest absolute Gasteiger partial charge is 0.368 e. The Morgan fingerprint density at radius 1 is 0.739 bits per heavy atom. The van der Waals surface area contributed by atoms with Crippen molar-refractivity contribution in [1.82, 2.24) is 19.6 Å². The highest BCUT2D eigenvalue weighted by molar-refractivity contribution is 5.90. The number of hydrogen-bond acceptors (Lipinski definition) is 5. The van der Waals surface area contributed by atoms with Gasteiger partial charge in [0.1, 0.15) is 0 Å². The summed E-state index contributed by atoms with van der Waals surface area (Å²) in [6, 6.07) is 19.8. The van der Waals surface area contributed by atoms with E-state index in [0.717, 1.165) is 22.4 Å². The predicted octanol–water partition coefficient (Wildman–Crippen LogP) is 2.62. The van der Waals surface area contributed by atoms with E-state index in [0.29, 0.717) is 5.65 Å². The zero-order valence-corrected chi connectivity index (χ0v) is 12.2. The first-order valence-electron chi connectivity index (χ1n) is 7.16. The van der Waals surface area contributed by atoms with Gasteiger partial charge in [0, 0.05) is 5.56 Å². The molecule has 23 heavy (non-hydrogen) atoms. The first-order valence-corrected chi connectivity index (χ1v) is 7.16. The molecule has 0 fully saturated rings. The number of anilines is 2. The number of fused-ring (bicyclic) bond motifs is 1. The lowest BCUT2D eigenvalue weighted by atomic mass is 10.0. The minimum absolute atomic E-state index is 0.167. The van der Waals surface area contributed by atoms with Crippen LogP contribution in [0.5, 0.6) is 0 Å². The van der Waals surface area contributed by atoms with Crippen molar-refractivity contribution in [2.45, 2.75) is 0 Å². The number of nitrogens with two attached hydrogens (primary N) is 2. The molecule has 112 valence electrons. The van der Waals surface area contributed by atoms with Crippen molar-refractivity contribution in [3.05, 3.63) is 60.7 Å². The van der Waals surface area contributed by atoms with E-state index in [-0.39, 0.29) is 11.9 Å². The zero-order chi connectivity index (χ0) is 15.8. The Hall–Kier alpha value is -3.41. The molecule has 0 unspecified atom stereocenters. The van der Waals surface area contributed by atoms with E-state index in [1.54, 1.807) is 0 Å². The third-order valence-corrected chi connectivity index (χ3v) is 3.64. The van der Waals surface area contributed by atoms with Gasteiger partial charge in [-0.1, -0.05) is 60.7 Å². The molecule has 0 aliphatic carbocycles. The van der Waals surface area contributed by atoms with Crippen LogP contribution < -0.4 is 11.5 Å². The molecule has 2 aromatic heterocycles. The second-order valence-electron chi connectivity index (χ2n) is 5.13. The molecule has 6 heteroatoms. The molecule has 6 nitrogen and oxygen atoms in total. The molecule has 4 aromatic rings. The SMILES string of the molecule is Nc1nc2c(-c3ccccc3)c(-c3ccccc3)nc(N)n2n1. The Bertz CT molecular complexity index is 976. The molecule has 0 aliphatic rings. The Balaban J connectivity index is 2.13. The van der Waals surface area contributed by atoms with Gasteiger partial charge in [0.15, 0.2) is 5.65 Å². The zero-order valence-electron chi connectivity index (χ0n) is 12.2. The Morgan fingerprint density at radius 2 is 1.35 bits per heavy atom. The number of nitrogen functional groups attached to an aromatic ring is 2. The summed E-state index contributed by atoms with van der Waals surface area (Å²) < 4.78 is 1.48. The summed E-state index contributed by atoms with van der Waals surface area (Å²) in [6.07, 6.45) is 0. The molecular formula is C17H14N6. The van der Waals surface area contributed by atoms with Crippen molar-refractivity contribution < 1.29 is 0 Å². The fraction of sp³-hybridized carbons (Fsp3) is 0. The van der Waals surface area contributed by atoms with Crippen molar-refractivity contribution in [3.63, 3.8) is 0 Å². The van der Waals surface area contributed by atoms with Crippen molar-refractivity contribution in [2.75, 3.05) is 11.5 Å². The molecule has 4 rings (SSSR count). The maximum atomic E-state index is 6.05. The summed E-state index contributed by atoms with van der Waals surface area (Å²) in [4.78, 5) is 8.89. The fourth-order valence-electron chi connectivity index (χ4n) is 2.65. The van der Waals surface area contributed by atoms with E-state index in [1.807, 2.05) is 60.7 Å². The van der Waals surface area contributed by atoms with Gasteiger partial charge in [-0.2, -0.15) is 9.50 Å². The van der Waals surface area contributed by atoms with Gasteiger partial charge < -0.3 is 11.5 Å². The quantitative estimate of drug-likeness (QED) is 0.593. The van der Waals surface area contributed by atoms with Gasteiger partial charge in [-0.3, -0.25) is 0 Å². The molecule has 0 atom stereocenters. The van der Waals surface area contributed by atoms with Crippen LogP contribution in [0.25, 0.3) is 28.0 Å². The van der Waals surface area contributed by atoms with Crippen molar-refractivity contribution in [2.24, 2.45) is 0 Å². The molecule has 0 bridgehead atoms. The van der Waals surface area contributed by atoms with E-state index in [2.05, 4.69) is 15.1 Å². The summed E-state index contributed by atoms with van der Waals surface area (Å²) in [7, 11) is 0. The first-order chi connectivity index (χ1) is 11.2. The molecular weight excluding hydrogens is 288 g/mol. The van der Waals surface area contributed by atoms with Gasteiger partial charge in [0.2, 0.25) is 11.9 Å². The Labute approximate surface area is 132 Å². The lowest BCUT2D eigenvalue weighted by Gasteiger charge is -2.11. The summed E-state index contributed by atoms with van der Waals surface area (Å²) in [5, 5.41) is 4.13. The number of nitrogens with zero attached hydrogens (tertiary/aromatic N) is 4. The maximum absolute atomic E-state index is 6.05. The van der Waals surface area contributed by atoms with Crippen LogP contribution >= 0.6 is 0 Å². The van der Waals surface area contributed by atoms with E-state index in [9.17, 15) is 0 Å². The lowest BCUT2D eigenvalue weighted by Crippen LogP contribution is -2.05. The van der Waals surface area contributed by atoms with Crippen LogP contribution in [-0.2, 0) is 0 Å². The van der Waals surface area contributed by atoms with Gasteiger partial charge in [0.25, 0.3) is 0 Å². The average Bonchev–Trinajstić information content (AvgIpc) is 2.98. The Kier molecular flexibility index (Phi) is 2.94. The summed E-state index contributed by atoms with van der Waals surface area (Å²) in [5.74, 6) is 0.420. The van der Waals surface area contributed by atoms with Crippen molar-refractivity contribution in [3.8, 4) is 22.4 Å². The first kappa shape index (κ1) is 13.3. The van der Waals surface area contributed by atoms with E-state index in [4.69, 9.17) is 11.5 Å². The van der Waals surface area contributed by atoms with E-state index >= 15 is 0 Å². The van der Waals surface area contributed by atoms with Gasteiger partial charge >= 0.3 is 0 Å². The molecule has 0 aliphatic heterocycles. The third-order valence-electron chi connectivity index (χ3n) is 3.64. The monoisotopic (exact) mass is 302 g/mol. The molecule has 0 saturated heterocycles. The van der Waals surface area contributed by atoms with E-state index in [1.165, 1.54) is 4.52 Å². The second kappa shape index (κ2) is 5.10. The molecule has 2 heterocycles. The molecule has 0 saturated carbocycles. The predicted molar refractivity (Wildman–Crippen MR) is 90.5 cm³/mol. The normalized spacial score (nSPS) is 11.0. The van der Waals surface area contributed by atoms with Crippen LogP contribution in [0.1, 0.15) is 0 Å². The summed E-state index contributed by atoms with van der Waals surface area (Å²) in [6.45, 7) is 0. The standard InChI is InChI=1S/C17H14N6/c18-16-21-15-13(11-7-3-1-4-8-11)14(12-9-5-2-6-10-12)20-17(19)23(15)22-16/h1-10H,(H2,18,22)(H2,19,20). The highest BCUT2D eigenvalue weighted by Gasteiger charge is 2.18. The van der Waals surface area contributed by atoms with Gasteiger partial charge in [-0.05, 0) is 5.56 Å². The molecule has 2 aromatic carbocycles. The highest BCUT2D eigenvalue weighted by Crippen LogP contribution is 2.34. The number of benzene rings is 2. The van der Waals surface area contributed by atoms with Crippen molar-refractivity contribution >= 4 is 17.5 Å². The molecule has 0 radical (unpaired) electrons. The summed E-state index contributed by atoms with van der Waals surface area (Å²) in [5.41, 5.74) is 16.0. The maximum Gasteiger partial charge on any atom is 0.240 e. The van der Waals surface area contributed by atoms with Gasteiger partial charge in [-0.25, -0.2) is 4.98 Å². The number of hydrogen-bond donors (Lipinski definition) is 2. The molecule has 0 spiro atoms. The minimum atomic E-state index is 0.167. The van der Waals surface area contributed by atoms with Gasteiger partial charge in [0.05, 0.1) is 11.3 Å². The van der Waals surface area contributed by atoms with Crippen LogP contribution in [0.3, 0.4) is 0 Å². The second-order valence-corrected chi connectivity index (χ2v) is 5.13. The van der Waals surface area contributed by atoms with E-state index < -0.39 is 0 Å². The molecule has 4 N–H and O–H groups in total. The fourth-order valence-corrected chi connectivity index (χ4v) is 2.65. The highest BCUT2D eigenvalue weighted by atomic mass is 15.4. The third kappa shape index (κ3) is 2.17. The number of aromatic nitrogens is 4. The van der Waals surface area contributed by atoms with Crippen LogP contribution in [0, 0.1) is 0 Å². The average molecular weight is 302 g/mol. The van der Waals surface area contributed by atoms with Crippen LogP contribution in [0.4, 0.5) is 11.9 Å². The van der Waals surface area contributed by atoms with Crippen LogP contribution in [-0.4, -0.2) is 19.6 Å². The van der Waals surface area contributed by atoms with Crippen molar-refractivity contribution in [1.29, 1.82) is 0 Å². The smallest absolute Gasteiger partial charge is 0.240 e. The van der Waals surface area contributed by atoms with Crippen LogP contribution in [0.15, 0.2) is 60.7 Å². The summed E-state index contributed by atoms with van der Waals surface area (Å²) >= 11 is 0. The van der Waals surface area contributed by atoms with Crippen LogP contribution in [0.2, 0.25) is 0 Å². The number of rotatable bonds is 2. The lowest BCUT2D eigenvalue weighted by molar-refractivity contribution is 0.948. The van der Waals surface area contributed by atoms with Gasteiger partial charge in [-0.15, -0.1) is 5.10 Å².